The summed E-state index contributed by atoms with van der Waals surface area (Å²) in [5, 5.41) is 21.6. The molecule has 20 heavy (non-hydrogen) atoms. The average Bonchev–Trinajstić information content (AvgIpc) is 2.36. The number of carbonyl (C=O) groups excluding carboxylic acids is 1. The number of hydrogen-bond acceptors (Lipinski definition) is 4. The molecule has 1 unspecified atom stereocenters. The third-order valence-electron chi connectivity index (χ3n) is 2.37. The van der Waals surface area contributed by atoms with Crippen LogP contribution in [0.25, 0.3) is 0 Å². The first-order valence-corrected chi connectivity index (χ1v) is 5.43. The molecule has 6 nitrogen and oxygen atoms in total. The first-order valence-electron chi connectivity index (χ1n) is 5.43. The number of hydrogen-bond donors (Lipinski definition) is 2. The van der Waals surface area contributed by atoms with Crippen molar-refractivity contribution >= 4 is 11.6 Å². The zero-order valence-electron chi connectivity index (χ0n) is 10.3. The Balaban J connectivity index is 3.22. The van der Waals surface area contributed by atoms with Gasteiger partial charge in [-0.1, -0.05) is 0 Å². The number of non-ortho nitro benzene ring substituents is 1. The Morgan fingerprint density at radius 2 is 2.05 bits per heavy atom. The number of aliphatic hydroxyl groups is 1. The summed E-state index contributed by atoms with van der Waals surface area (Å²) < 4.78 is 37.8. The Morgan fingerprint density at radius 1 is 1.45 bits per heavy atom. The van der Waals surface area contributed by atoms with Gasteiger partial charge in [0.25, 0.3) is 11.6 Å². The number of nitrogens with one attached hydrogen (secondary N) is 1. The first-order chi connectivity index (χ1) is 9.15. The van der Waals surface area contributed by atoms with E-state index in [9.17, 15) is 28.1 Å². The summed E-state index contributed by atoms with van der Waals surface area (Å²) in [6.07, 6.45) is -4.80. The number of halogens is 3. The van der Waals surface area contributed by atoms with E-state index in [0.717, 1.165) is 6.07 Å². The highest BCUT2D eigenvalue weighted by molar-refractivity contribution is 5.95. The van der Waals surface area contributed by atoms with Crippen molar-refractivity contribution in [3.8, 4) is 0 Å². The van der Waals surface area contributed by atoms with Gasteiger partial charge in [0.15, 0.2) is 0 Å². The molecule has 0 aliphatic heterocycles. The van der Waals surface area contributed by atoms with Crippen LogP contribution in [0.5, 0.6) is 0 Å². The lowest BCUT2D eigenvalue weighted by molar-refractivity contribution is -0.385. The minimum Gasteiger partial charge on any atom is -0.394 e. The molecule has 0 saturated carbocycles. The van der Waals surface area contributed by atoms with Crippen LogP contribution in [0.2, 0.25) is 0 Å². The van der Waals surface area contributed by atoms with Gasteiger partial charge >= 0.3 is 6.18 Å². The van der Waals surface area contributed by atoms with Crippen LogP contribution >= 0.6 is 0 Å². The van der Waals surface area contributed by atoms with Gasteiger partial charge in [0, 0.05) is 23.7 Å². The number of aliphatic hydroxyl groups excluding tert-OH is 1. The Hall–Kier alpha value is -2.16. The quantitative estimate of drug-likeness (QED) is 0.653. The van der Waals surface area contributed by atoms with Crippen LogP contribution in [0.15, 0.2) is 18.2 Å². The lowest BCUT2D eigenvalue weighted by Crippen LogP contribution is -2.35. The van der Waals surface area contributed by atoms with Gasteiger partial charge in [0.2, 0.25) is 0 Å². The minimum atomic E-state index is -4.80. The van der Waals surface area contributed by atoms with Gasteiger partial charge in [-0.2, -0.15) is 13.2 Å². The Morgan fingerprint density at radius 3 is 2.50 bits per heavy atom. The summed E-state index contributed by atoms with van der Waals surface area (Å²) in [7, 11) is 0. The van der Waals surface area contributed by atoms with Gasteiger partial charge in [-0.3, -0.25) is 14.9 Å². The van der Waals surface area contributed by atoms with Crippen molar-refractivity contribution in [2.45, 2.75) is 19.1 Å². The van der Waals surface area contributed by atoms with Crippen LogP contribution in [-0.2, 0) is 6.18 Å². The van der Waals surface area contributed by atoms with Gasteiger partial charge in [-0.05, 0) is 13.0 Å². The zero-order valence-corrected chi connectivity index (χ0v) is 10.3. The summed E-state index contributed by atoms with van der Waals surface area (Å²) in [5.41, 5.74) is -2.61. The molecule has 1 amide bonds. The number of carbonyl (C=O) groups is 1. The molecule has 9 heteroatoms. The average molecular weight is 292 g/mol. The molecule has 110 valence electrons. The van der Waals surface area contributed by atoms with E-state index in [1.807, 2.05) is 0 Å². The number of amides is 1. The molecule has 0 spiro atoms. The third kappa shape index (κ3) is 3.92. The molecule has 0 bridgehead atoms. The number of nitrogens with zero attached hydrogens (tertiary/aromatic N) is 1. The van der Waals surface area contributed by atoms with Crippen LogP contribution in [0, 0.1) is 10.1 Å². The highest BCUT2D eigenvalue weighted by Crippen LogP contribution is 2.32. The fraction of sp³-hybridized carbons (Fsp3) is 0.364. The molecule has 0 aliphatic rings. The predicted molar refractivity (Wildman–Crippen MR) is 62.1 cm³/mol. The Kier molecular flexibility index (Phi) is 4.66. The van der Waals surface area contributed by atoms with E-state index in [1.54, 1.807) is 0 Å². The van der Waals surface area contributed by atoms with Crippen LogP contribution in [0.4, 0.5) is 18.9 Å². The van der Waals surface area contributed by atoms with Crippen LogP contribution in [0.1, 0.15) is 22.8 Å². The Bertz CT molecular complexity index is 531. The number of rotatable bonds is 4. The second-order valence-electron chi connectivity index (χ2n) is 4.08. The highest BCUT2D eigenvalue weighted by atomic mass is 19.4. The molecule has 1 rings (SSSR count). The monoisotopic (exact) mass is 292 g/mol. The van der Waals surface area contributed by atoms with Crippen molar-refractivity contribution in [2.24, 2.45) is 0 Å². The van der Waals surface area contributed by atoms with Gasteiger partial charge in [0.05, 0.1) is 17.1 Å². The second kappa shape index (κ2) is 5.87. The second-order valence-corrected chi connectivity index (χ2v) is 4.08. The SMILES string of the molecule is CC(CO)NC(=O)c1cc([N+](=O)[O-])cc(C(F)(F)F)c1. The molecule has 0 radical (unpaired) electrons. The zero-order chi connectivity index (χ0) is 15.5. The molecule has 0 saturated heterocycles. The lowest BCUT2D eigenvalue weighted by atomic mass is 10.1. The van der Waals surface area contributed by atoms with Crippen molar-refractivity contribution < 1.29 is 28.0 Å². The summed E-state index contributed by atoms with van der Waals surface area (Å²) in [6, 6.07) is 0.934. The summed E-state index contributed by atoms with van der Waals surface area (Å²) in [6.45, 7) is 1.02. The lowest BCUT2D eigenvalue weighted by Gasteiger charge is -2.12. The molecule has 2 N–H and O–H groups in total. The minimum absolute atomic E-state index is 0.353. The van der Waals surface area contributed by atoms with Gasteiger partial charge in [-0.15, -0.1) is 0 Å². The predicted octanol–water partition coefficient (Wildman–Crippen LogP) is 1.72. The van der Waals surface area contributed by atoms with E-state index >= 15 is 0 Å². The van der Waals surface area contributed by atoms with Crippen LogP contribution in [-0.4, -0.2) is 28.6 Å². The number of alkyl halides is 3. The van der Waals surface area contributed by atoms with E-state index in [0.29, 0.717) is 12.1 Å². The smallest absolute Gasteiger partial charge is 0.394 e. The van der Waals surface area contributed by atoms with Crippen molar-refractivity contribution in [2.75, 3.05) is 6.61 Å². The van der Waals surface area contributed by atoms with Crippen molar-refractivity contribution in [1.82, 2.24) is 5.32 Å². The maximum absolute atomic E-state index is 12.6. The first kappa shape index (κ1) is 15.9. The van der Waals surface area contributed by atoms with Crippen molar-refractivity contribution in [3.05, 3.63) is 39.4 Å². The topological polar surface area (TPSA) is 92.5 Å². The molecular weight excluding hydrogens is 281 g/mol. The normalized spacial score (nSPS) is 12.8. The summed E-state index contributed by atoms with van der Waals surface area (Å²) in [4.78, 5) is 21.2. The van der Waals surface area contributed by atoms with E-state index in [2.05, 4.69) is 5.32 Å². The van der Waals surface area contributed by atoms with E-state index < -0.39 is 46.5 Å². The van der Waals surface area contributed by atoms with E-state index in [4.69, 9.17) is 5.11 Å². The van der Waals surface area contributed by atoms with E-state index in [1.165, 1.54) is 6.92 Å². The fourth-order valence-electron chi connectivity index (χ4n) is 1.36. The van der Waals surface area contributed by atoms with Crippen LogP contribution < -0.4 is 5.32 Å². The number of nitro groups is 1. The Labute approximate surface area is 111 Å². The molecular formula is C11H11F3N2O4. The molecule has 0 fully saturated rings. The van der Waals surface area contributed by atoms with Gasteiger partial charge in [0.1, 0.15) is 0 Å². The molecule has 1 aromatic rings. The van der Waals surface area contributed by atoms with Crippen molar-refractivity contribution in [1.29, 1.82) is 0 Å². The molecule has 1 atom stereocenters. The van der Waals surface area contributed by atoms with Crippen LogP contribution in [0.3, 0.4) is 0 Å². The van der Waals surface area contributed by atoms with Crippen molar-refractivity contribution in [3.63, 3.8) is 0 Å². The largest absolute Gasteiger partial charge is 0.416 e. The maximum atomic E-state index is 12.6. The summed E-state index contributed by atoms with van der Waals surface area (Å²) >= 11 is 0. The standard InChI is InChI=1S/C11H11F3N2O4/c1-6(5-17)15-10(18)7-2-8(11(12,13)14)4-9(3-7)16(19)20/h2-4,6,17H,5H2,1H3,(H,15,18). The van der Waals surface area contributed by atoms with Gasteiger partial charge in [-0.25, -0.2) is 0 Å². The number of nitro benzene ring substituents is 1. The van der Waals surface area contributed by atoms with E-state index in [-0.39, 0.29) is 0 Å². The molecule has 0 aliphatic carbocycles. The third-order valence-corrected chi connectivity index (χ3v) is 2.37. The molecule has 0 aromatic heterocycles. The molecule has 1 aromatic carbocycles. The molecule has 0 heterocycles. The number of benzene rings is 1. The summed E-state index contributed by atoms with van der Waals surface area (Å²) in [5.74, 6) is -0.930. The maximum Gasteiger partial charge on any atom is 0.416 e. The van der Waals surface area contributed by atoms with Gasteiger partial charge < -0.3 is 10.4 Å². The highest BCUT2D eigenvalue weighted by Gasteiger charge is 2.33. The fourth-order valence-corrected chi connectivity index (χ4v) is 1.36.